The summed E-state index contributed by atoms with van der Waals surface area (Å²) in [6.45, 7) is 0.757. The summed E-state index contributed by atoms with van der Waals surface area (Å²) < 4.78 is 4.77. The zero-order valence-electron chi connectivity index (χ0n) is 9.63. The normalized spacial score (nSPS) is 14.4. The Labute approximate surface area is 97.6 Å². The number of carbonyl (C=O) groups excluding carboxylic acids is 1. The smallest absolute Gasteiger partial charge is 0.375 e. The van der Waals surface area contributed by atoms with Crippen LogP contribution in [0, 0.1) is 0 Å². The van der Waals surface area contributed by atoms with Crippen molar-refractivity contribution < 1.29 is 19.2 Å². The van der Waals surface area contributed by atoms with E-state index in [9.17, 15) is 9.59 Å². The molecule has 1 aromatic heterocycles. The van der Waals surface area contributed by atoms with Crippen LogP contribution in [0.15, 0.2) is 4.52 Å². The van der Waals surface area contributed by atoms with Gasteiger partial charge in [0.05, 0.1) is 12.2 Å². The molecule has 2 rings (SSSR count). The minimum absolute atomic E-state index is 0.145. The average molecular weight is 239 g/mol. The predicted molar refractivity (Wildman–Crippen MR) is 56.7 cm³/mol. The molecular weight excluding hydrogens is 226 g/mol. The molecule has 0 atom stereocenters. The number of fused-ring (bicyclic) bond motifs is 1. The molecule has 0 fully saturated rings. The van der Waals surface area contributed by atoms with Crippen molar-refractivity contribution in [1.29, 1.82) is 0 Å². The predicted octanol–water partition coefficient (Wildman–Crippen LogP) is 0.413. The molecule has 1 aromatic rings. The molecule has 92 valence electrons. The number of hydrogen-bond donors (Lipinski definition) is 1. The van der Waals surface area contributed by atoms with E-state index in [2.05, 4.69) is 5.16 Å². The maximum Gasteiger partial charge on any atom is 0.375 e. The molecule has 0 radical (unpaired) electrons. The van der Waals surface area contributed by atoms with Gasteiger partial charge in [-0.3, -0.25) is 0 Å². The van der Waals surface area contributed by atoms with Gasteiger partial charge in [0.15, 0.2) is 0 Å². The summed E-state index contributed by atoms with van der Waals surface area (Å²) in [6.07, 6.45) is 0.520. The number of nitrogens with zero attached hydrogens (tertiary/aromatic N) is 3. The highest BCUT2D eigenvalue weighted by Crippen LogP contribution is 2.22. The van der Waals surface area contributed by atoms with Gasteiger partial charge in [0.2, 0.25) is 5.76 Å². The molecule has 17 heavy (non-hydrogen) atoms. The Morgan fingerprint density at radius 3 is 2.76 bits per heavy atom. The SMILES string of the molecule is CN(C)C(=O)N1CCc2noc(C(=O)O)c2C1. The molecule has 0 saturated heterocycles. The molecule has 7 heteroatoms. The minimum atomic E-state index is -1.15. The second kappa shape index (κ2) is 4.08. The number of urea groups is 1. The van der Waals surface area contributed by atoms with Gasteiger partial charge >= 0.3 is 12.0 Å². The lowest BCUT2D eigenvalue weighted by atomic mass is 10.1. The second-order valence-corrected chi connectivity index (χ2v) is 4.09. The van der Waals surface area contributed by atoms with E-state index < -0.39 is 5.97 Å². The Hall–Kier alpha value is -2.05. The van der Waals surface area contributed by atoms with Crippen LogP contribution in [0.2, 0.25) is 0 Å². The molecule has 0 bridgehead atoms. The van der Waals surface area contributed by atoms with Crippen molar-refractivity contribution in [3.8, 4) is 0 Å². The fourth-order valence-electron chi connectivity index (χ4n) is 1.83. The van der Waals surface area contributed by atoms with Gasteiger partial charge in [-0.15, -0.1) is 0 Å². The summed E-state index contributed by atoms with van der Waals surface area (Å²) in [7, 11) is 3.31. The molecule has 0 aliphatic carbocycles. The molecule has 1 aliphatic heterocycles. The van der Waals surface area contributed by atoms with E-state index in [1.807, 2.05) is 0 Å². The third-order valence-electron chi connectivity index (χ3n) is 2.68. The number of amides is 2. The molecule has 0 unspecified atom stereocenters. The van der Waals surface area contributed by atoms with E-state index >= 15 is 0 Å². The zero-order valence-corrected chi connectivity index (χ0v) is 9.63. The molecule has 1 N–H and O–H groups in total. The van der Waals surface area contributed by atoms with Gasteiger partial charge < -0.3 is 19.4 Å². The first kappa shape index (κ1) is 11.4. The highest BCUT2D eigenvalue weighted by atomic mass is 16.5. The topological polar surface area (TPSA) is 86.9 Å². The van der Waals surface area contributed by atoms with Crippen molar-refractivity contribution in [3.63, 3.8) is 0 Å². The first-order valence-corrected chi connectivity index (χ1v) is 5.17. The first-order chi connectivity index (χ1) is 8.00. The summed E-state index contributed by atoms with van der Waals surface area (Å²) in [4.78, 5) is 25.7. The minimum Gasteiger partial charge on any atom is -0.475 e. The Balaban J connectivity index is 2.25. The van der Waals surface area contributed by atoms with Crippen LogP contribution >= 0.6 is 0 Å². The van der Waals surface area contributed by atoms with Crippen molar-refractivity contribution in [1.82, 2.24) is 15.0 Å². The maximum atomic E-state index is 11.8. The number of aromatic carboxylic acids is 1. The number of carboxylic acids is 1. The number of hydrogen-bond acceptors (Lipinski definition) is 4. The van der Waals surface area contributed by atoms with Crippen LogP contribution in [0.1, 0.15) is 21.8 Å². The Morgan fingerprint density at radius 2 is 2.18 bits per heavy atom. The van der Waals surface area contributed by atoms with E-state index in [1.165, 1.54) is 4.90 Å². The summed E-state index contributed by atoms with van der Waals surface area (Å²) in [5, 5.41) is 12.6. The molecule has 7 nitrogen and oxygen atoms in total. The van der Waals surface area contributed by atoms with Crippen LogP contribution in [0.5, 0.6) is 0 Å². The molecule has 1 aliphatic rings. The molecule has 0 saturated carbocycles. The van der Waals surface area contributed by atoms with Gasteiger partial charge in [-0.2, -0.15) is 0 Å². The number of aromatic nitrogens is 1. The Kier molecular flexibility index (Phi) is 2.74. The summed E-state index contributed by atoms with van der Waals surface area (Å²) in [5.74, 6) is -1.32. The number of carboxylic acid groups (broad SMARTS) is 1. The first-order valence-electron chi connectivity index (χ1n) is 5.17. The summed E-state index contributed by atoms with van der Waals surface area (Å²) >= 11 is 0. The zero-order chi connectivity index (χ0) is 12.6. The fourth-order valence-corrected chi connectivity index (χ4v) is 1.83. The van der Waals surface area contributed by atoms with E-state index in [-0.39, 0.29) is 18.3 Å². The van der Waals surface area contributed by atoms with Crippen LogP contribution in [-0.2, 0) is 13.0 Å². The molecule has 2 heterocycles. The van der Waals surface area contributed by atoms with Gasteiger partial charge in [0, 0.05) is 32.6 Å². The monoisotopic (exact) mass is 239 g/mol. The molecule has 0 aromatic carbocycles. The van der Waals surface area contributed by atoms with Gasteiger partial charge in [-0.05, 0) is 0 Å². The molecule has 2 amide bonds. The van der Waals surface area contributed by atoms with Crippen molar-refractivity contribution in [2.24, 2.45) is 0 Å². The number of rotatable bonds is 1. The van der Waals surface area contributed by atoms with Crippen LogP contribution < -0.4 is 0 Å². The van der Waals surface area contributed by atoms with Crippen molar-refractivity contribution in [2.45, 2.75) is 13.0 Å². The van der Waals surface area contributed by atoms with Gasteiger partial charge in [-0.1, -0.05) is 5.16 Å². The second-order valence-electron chi connectivity index (χ2n) is 4.09. The van der Waals surface area contributed by atoms with Crippen LogP contribution in [0.4, 0.5) is 4.79 Å². The quantitative estimate of drug-likeness (QED) is 0.767. The van der Waals surface area contributed by atoms with E-state index in [0.29, 0.717) is 24.2 Å². The lowest BCUT2D eigenvalue weighted by Gasteiger charge is -2.28. The fraction of sp³-hybridized carbons (Fsp3) is 0.500. The standard InChI is InChI=1S/C10H13N3O4/c1-12(2)10(16)13-4-3-7-6(5-13)8(9(14)15)17-11-7/h3-5H2,1-2H3,(H,14,15). The lowest BCUT2D eigenvalue weighted by molar-refractivity contribution is 0.0648. The van der Waals surface area contributed by atoms with Crippen molar-refractivity contribution in [3.05, 3.63) is 17.0 Å². The van der Waals surface area contributed by atoms with Gasteiger partial charge in [-0.25, -0.2) is 9.59 Å². The summed E-state index contributed by atoms with van der Waals surface area (Å²) in [6, 6.07) is -0.145. The number of carbonyl (C=O) groups is 2. The largest absolute Gasteiger partial charge is 0.475 e. The molecule has 0 spiro atoms. The van der Waals surface area contributed by atoms with E-state index in [0.717, 1.165) is 0 Å². The van der Waals surface area contributed by atoms with Crippen molar-refractivity contribution in [2.75, 3.05) is 20.6 Å². The third kappa shape index (κ3) is 1.95. The highest BCUT2D eigenvalue weighted by Gasteiger charge is 2.29. The average Bonchev–Trinajstić information content (AvgIpc) is 2.70. The Morgan fingerprint density at radius 1 is 1.47 bits per heavy atom. The van der Waals surface area contributed by atoms with Crippen LogP contribution in [-0.4, -0.2) is 52.7 Å². The summed E-state index contributed by atoms with van der Waals surface area (Å²) in [5.41, 5.74) is 1.13. The van der Waals surface area contributed by atoms with E-state index in [4.69, 9.17) is 9.63 Å². The highest BCUT2D eigenvalue weighted by molar-refractivity contribution is 5.86. The van der Waals surface area contributed by atoms with Gasteiger partial charge in [0.25, 0.3) is 0 Å². The third-order valence-corrected chi connectivity index (χ3v) is 2.68. The maximum absolute atomic E-state index is 11.8. The van der Waals surface area contributed by atoms with Crippen molar-refractivity contribution >= 4 is 12.0 Å². The van der Waals surface area contributed by atoms with Crippen LogP contribution in [0.25, 0.3) is 0 Å². The lowest BCUT2D eigenvalue weighted by Crippen LogP contribution is -2.42. The van der Waals surface area contributed by atoms with Gasteiger partial charge in [0.1, 0.15) is 0 Å². The Bertz CT molecular complexity index is 466. The van der Waals surface area contributed by atoms with E-state index in [1.54, 1.807) is 19.0 Å². The molecular formula is C10H13N3O4. The van der Waals surface area contributed by atoms with Crippen LogP contribution in [0.3, 0.4) is 0 Å².